The molecule has 0 fully saturated rings. The van der Waals surface area contributed by atoms with Crippen molar-refractivity contribution in [2.75, 3.05) is 0 Å². The van der Waals surface area contributed by atoms with Gasteiger partial charge in [-0.25, -0.2) is 41.3 Å². The summed E-state index contributed by atoms with van der Waals surface area (Å²) < 4.78 is 98.1. The lowest BCUT2D eigenvalue weighted by molar-refractivity contribution is 0.628. The fourth-order valence-corrected chi connectivity index (χ4v) is 17.4. The van der Waals surface area contributed by atoms with Gasteiger partial charge in [0.15, 0.2) is 23.3 Å². The molecule has 0 radical (unpaired) electrons. The van der Waals surface area contributed by atoms with Crippen molar-refractivity contribution in [3.63, 3.8) is 0 Å². The first-order chi connectivity index (χ1) is 61.4. The molecule has 25 aromatic rings. The van der Waals surface area contributed by atoms with Crippen molar-refractivity contribution in [2.45, 2.75) is 0 Å². The van der Waals surface area contributed by atoms with E-state index in [0.717, 1.165) is 89.4 Å². The van der Waals surface area contributed by atoms with Gasteiger partial charge in [0.2, 0.25) is 5.95 Å². The number of imidazole rings is 1. The minimum absolute atomic E-state index is 0.336. The summed E-state index contributed by atoms with van der Waals surface area (Å²) in [5, 5.41) is 8.83. The van der Waals surface area contributed by atoms with Crippen molar-refractivity contribution in [3.05, 3.63) is 424 Å². The number of rotatable bonds is 9. The molecule has 0 atom stereocenters. The van der Waals surface area contributed by atoms with Crippen LogP contribution >= 0.6 is 0 Å². The van der Waals surface area contributed by atoms with Gasteiger partial charge in [-0.15, -0.1) is 0 Å². The molecule has 0 amide bonds. The molecule has 25 rings (SSSR count). The van der Waals surface area contributed by atoms with Gasteiger partial charge in [-0.2, -0.15) is 9.97 Å². The van der Waals surface area contributed by atoms with Crippen LogP contribution in [0.3, 0.4) is 0 Å². The lowest BCUT2D eigenvalue weighted by atomic mass is 10.1. The zero-order valence-corrected chi connectivity index (χ0v) is 66.0. The number of fused-ring (bicyclic) bond motifs is 17. The standard InChI is InChI=1S/C34H22N4.C26H15F2N5.C26H16F2N2.C19H11F2N3/c1-5-13-30-25(9-1)26-10-2-6-14-31(26)37(30)24-19-17-23(18-20-24)29-21-36-34(22-35-29)38-32-15-7-3-11-27(32)28-12-4-8-16-33(28)38;27-17-9-11-22-19(14-17)20-15-18(28)10-12-23(20)33(22)26-31-24(16-6-2-1-3-7-16)30-25(32-26)21-8-4-5-13-29-21;27-18-9-11-22-20(14-18)21-15-19(28)10-12-23(21)30(22)25-16-29-13-5-4-8-24(29)26(25)17-6-2-1-3-7-17;20-12-4-6-16-14(9-12)15-10-13(21)5-7-17(15)24(16)19-11-23-8-2-1-3-18(23)22-19/h1-22H;1-15H;1-16H;1-11H. The third-order valence-electron chi connectivity index (χ3n) is 22.8. The molecule has 12 heterocycles. The van der Waals surface area contributed by atoms with Gasteiger partial charge in [0, 0.05) is 101 Å². The van der Waals surface area contributed by atoms with E-state index in [2.05, 4.69) is 179 Å². The molecule has 0 aliphatic heterocycles. The maximum atomic E-state index is 14.1. The van der Waals surface area contributed by atoms with Gasteiger partial charge in [-0.05, 0) is 188 Å². The Kier molecular flexibility index (Phi) is 18.3. The molecule has 125 heavy (non-hydrogen) atoms. The van der Waals surface area contributed by atoms with Gasteiger partial charge in [0.1, 0.15) is 46.2 Å². The molecule has 0 spiro atoms. The second-order valence-electron chi connectivity index (χ2n) is 30.2. The van der Waals surface area contributed by atoms with E-state index in [-0.39, 0.29) is 23.3 Å². The molecular formula is C105H64F6N14. The van der Waals surface area contributed by atoms with Crippen LogP contribution < -0.4 is 0 Å². The lowest BCUT2D eigenvalue weighted by Crippen LogP contribution is -2.06. The fourth-order valence-electron chi connectivity index (χ4n) is 17.4. The van der Waals surface area contributed by atoms with Gasteiger partial charge in [-0.3, -0.25) is 23.7 Å². The van der Waals surface area contributed by atoms with Crippen molar-refractivity contribution in [1.82, 2.24) is 66.5 Å². The van der Waals surface area contributed by atoms with E-state index in [4.69, 9.17) is 19.9 Å². The molecule has 12 aromatic heterocycles. The van der Waals surface area contributed by atoms with Crippen LogP contribution in [0.25, 0.3) is 194 Å². The first kappa shape index (κ1) is 74.4. The van der Waals surface area contributed by atoms with E-state index in [1.807, 2.05) is 137 Å². The van der Waals surface area contributed by atoms with Crippen molar-refractivity contribution in [2.24, 2.45) is 0 Å². The highest BCUT2D eigenvalue weighted by atomic mass is 19.1. The quantitative estimate of drug-likeness (QED) is 0.132. The average molecular weight is 1640 g/mol. The van der Waals surface area contributed by atoms with Gasteiger partial charge < -0.3 is 17.9 Å². The number of hydrogen-bond donors (Lipinski definition) is 0. The zero-order valence-electron chi connectivity index (χ0n) is 66.0. The summed E-state index contributed by atoms with van der Waals surface area (Å²) in [5.74, 6) is 0.560. The Hall–Kier alpha value is -16.9. The van der Waals surface area contributed by atoms with Crippen LogP contribution in [0.4, 0.5) is 26.3 Å². The second kappa shape index (κ2) is 30.7. The maximum Gasteiger partial charge on any atom is 0.238 e. The van der Waals surface area contributed by atoms with E-state index in [1.165, 1.54) is 105 Å². The molecule has 0 N–H and O–H groups in total. The topological polar surface area (TPSA) is 124 Å². The lowest BCUT2D eigenvalue weighted by Gasteiger charge is -2.10. The van der Waals surface area contributed by atoms with E-state index in [1.54, 1.807) is 47.2 Å². The number of aromatic nitrogens is 14. The molecule has 0 saturated carbocycles. The summed E-state index contributed by atoms with van der Waals surface area (Å²) >= 11 is 0. The fraction of sp³-hybridized carbons (Fsp3) is 0. The Morgan fingerprint density at radius 2 is 0.640 bits per heavy atom. The summed E-state index contributed by atoms with van der Waals surface area (Å²) in [7, 11) is 0. The van der Waals surface area contributed by atoms with Crippen LogP contribution in [0, 0.1) is 34.9 Å². The first-order valence-electron chi connectivity index (χ1n) is 40.4. The van der Waals surface area contributed by atoms with Crippen molar-refractivity contribution in [3.8, 4) is 74.2 Å². The molecule has 596 valence electrons. The Morgan fingerprint density at radius 1 is 0.232 bits per heavy atom. The summed E-state index contributed by atoms with van der Waals surface area (Å²) in [4.78, 5) is 32.8. The van der Waals surface area contributed by atoms with E-state index in [0.29, 0.717) is 72.5 Å². The molecule has 0 aliphatic rings. The monoisotopic (exact) mass is 1630 g/mol. The zero-order chi connectivity index (χ0) is 83.9. The van der Waals surface area contributed by atoms with Crippen LogP contribution in [-0.2, 0) is 0 Å². The van der Waals surface area contributed by atoms with Crippen molar-refractivity contribution >= 4 is 120 Å². The average Bonchev–Trinajstić information content (AvgIpc) is 1.60. The molecule has 0 saturated heterocycles. The van der Waals surface area contributed by atoms with Crippen LogP contribution in [-0.4, -0.2) is 66.5 Å². The first-order valence-corrected chi connectivity index (χ1v) is 40.4. The predicted molar refractivity (Wildman–Crippen MR) is 485 cm³/mol. The van der Waals surface area contributed by atoms with Gasteiger partial charge >= 0.3 is 0 Å². The highest BCUT2D eigenvalue weighted by Gasteiger charge is 2.25. The van der Waals surface area contributed by atoms with Gasteiger partial charge in [-0.1, -0.05) is 164 Å². The van der Waals surface area contributed by atoms with E-state index >= 15 is 0 Å². The second-order valence-corrected chi connectivity index (χ2v) is 30.2. The number of halogens is 6. The van der Waals surface area contributed by atoms with Crippen LogP contribution in [0.2, 0.25) is 0 Å². The molecule has 0 bridgehead atoms. The highest BCUT2D eigenvalue weighted by Crippen LogP contribution is 2.42. The molecular weight excluding hydrogens is 1570 g/mol. The minimum atomic E-state index is -0.402. The number of nitrogens with zero attached hydrogens (tertiary/aromatic N) is 14. The van der Waals surface area contributed by atoms with Crippen LogP contribution in [0.15, 0.2) is 389 Å². The summed E-state index contributed by atoms with van der Waals surface area (Å²) in [5.41, 5.74) is 18.7. The third-order valence-corrected chi connectivity index (χ3v) is 22.8. The SMILES string of the molecule is Fc1ccc2c(c1)c1cc(F)ccc1n2-c1cn2ccccc2c1-c1ccccc1.Fc1ccc2c(c1)c1cc(F)ccc1n2-c1cn2ccccc2n1.Fc1ccc2c(c1)c1cc(F)ccc1n2-c1nc(-c2ccccc2)nc(-c2ccccn2)n1.c1ccc2c(c1)c1ccccc1n2-c1ccc(-c2cnc(-n3c4ccccc4c4ccccc43)cn2)cc1. The number of benzene rings is 13. The minimum Gasteiger partial charge on any atom is -0.321 e. The number of para-hydroxylation sites is 4. The molecule has 14 nitrogen and oxygen atoms in total. The smallest absolute Gasteiger partial charge is 0.238 e. The van der Waals surface area contributed by atoms with Gasteiger partial charge in [0.05, 0.1) is 90.7 Å². The molecule has 20 heteroatoms. The summed E-state index contributed by atoms with van der Waals surface area (Å²) in [6, 6.07) is 107. The van der Waals surface area contributed by atoms with Crippen LogP contribution in [0.5, 0.6) is 0 Å². The van der Waals surface area contributed by atoms with Gasteiger partial charge in [0.25, 0.3) is 0 Å². The highest BCUT2D eigenvalue weighted by molar-refractivity contribution is 6.14. The van der Waals surface area contributed by atoms with Crippen molar-refractivity contribution in [1.29, 1.82) is 0 Å². The Morgan fingerprint density at radius 3 is 1.12 bits per heavy atom. The number of hydrogen-bond acceptors (Lipinski definition) is 7. The Labute approximate surface area is 707 Å². The van der Waals surface area contributed by atoms with Crippen LogP contribution in [0.1, 0.15) is 0 Å². The Bertz CT molecular complexity index is 7980. The largest absolute Gasteiger partial charge is 0.321 e. The van der Waals surface area contributed by atoms with E-state index < -0.39 is 11.6 Å². The molecule has 0 aliphatic carbocycles. The summed E-state index contributed by atoms with van der Waals surface area (Å²) in [6.07, 6.45) is 13.3. The van der Waals surface area contributed by atoms with E-state index in [9.17, 15) is 26.3 Å². The predicted octanol–water partition coefficient (Wildman–Crippen LogP) is 26.0. The molecule has 0 unspecified atom stereocenters. The number of pyridine rings is 3. The van der Waals surface area contributed by atoms with Crippen molar-refractivity contribution < 1.29 is 26.3 Å². The normalized spacial score (nSPS) is 11.6. The third kappa shape index (κ3) is 13.2. The summed E-state index contributed by atoms with van der Waals surface area (Å²) in [6.45, 7) is 0. The Balaban J connectivity index is 0.000000100. The maximum absolute atomic E-state index is 14.1. The molecule has 13 aromatic carbocycles.